The summed E-state index contributed by atoms with van der Waals surface area (Å²) >= 11 is 0. The van der Waals surface area contributed by atoms with E-state index in [1.165, 1.54) is 0 Å². The summed E-state index contributed by atoms with van der Waals surface area (Å²) in [5.74, 6) is 0.857. The molecule has 3 atom stereocenters. The van der Waals surface area contributed by atoms with Crippen LogP contribution >= 0.6 is 0 Å². The van der Waals surface area contributed by atoms with Gasteiger partial charge in [-0.25, -0.2) is 0 Å². The zero-order valence-corrected chi connectivity index (χ0v) is 11.8. The summed E-state index contributed by atoms with van der Waals surface area (Å²) in [6.45, 7) is 7.26. The molecule has 0 aromatic carbocycles. The molecule has 0 radical (unpaired) electrons. The van der Waals surface area contributed by atoms with E-state index in [2.05, 4.69) is 28.6 Å². The van der Waals surface area contributed by atoms with Crippen LogP contribution in [0.3, 0.4) is 0 Å². The van der Waals surface area contributed by atoms with Crippen molar-refractivity contribution in [3.05, 3.63) is 24.0 Å². The Morgan fingerprint density at radius 2 is 2.32 bits per heavy atom. The van der Waals surface area contributed by atoms with Crippen molar-refractivity contribution in [2.24, 2.45) is 5.92 Å². The van der Waals surface area contributed by atoms with Gasteiger partial charge in [0, 0.05) is 37.9 Å². The van der Waals surface area contributed by atoms with Crippen molar-refractivity contribution in [3.8, 4) is 0 Å². The molecule has 19 heavy (non-hydrogen) atoms. The van der Waals surface area contributed by atoms with Crippen molar-refractivity contribution in [3.63, 3.8) is 0 Å². The summed E-state index contributed by atoms with van der Waals surface area (Å²) < 4.78 is 2.09. The zero-order chi connectivity index (χ0) is 13.4. The average molecular weight is 261 g/mol. The topological polar surface area (TPSA) is 37.3 Å². The number of hydrogen-bond acceptors (Lipinski definition) is 2. The van der Waals surface area contributed by atoms with Crippen molar-refractivity contribution < 1.29 is 4.79 Å². The van der Waals surface area contributed by atoms with E-state index in [0.29, 0.717) is 18.0 Å². The molecule has 2 saturated heterocycles. The molecule has 3 heterocycles. The summed E-state index contributed by atoms with van der Waals surface area (Å²) in [7, 11) is 0. The minimum Gasteiger partial charge on any atom is -0.344 e. The first-order valence-electron chi connectivity index (χ1n) is 7.41. The molecular weight excluding hydrogens is 238 g/mol. The second-order valence-electron chi connectivity index (χ2n) is 5.87. The van der Waals surface area contributed by atoms with Crippen LogP contribution in [0.2, 0.25) is 0 Å². The molecule has 3 unspecified atom stereocenters. The van der Waals surface area contributed by atoms with E-state index in [0.717, 1.165) is 38.2 Å². The van der Waals surface area contributed by atoms with Gasteiger partial charge in [-0.15, -0.1) is 0 Å². The minimum absolute atomic E-state index is 0.210. The Labute approximate surface area is 114 Å². The third-order valence-corrected chi connectivity index (χ3v) is 4.53. The predicted octanol–water partition coefficient (Wildman–Crippen LogP) is 1.72. The molecule has 4 nitrogen and oxygen atoms in total. The van der Waals surface area contributed by atoms with Gasteiger partial charge < -0.3 is 14.8 Å². The second-order valence-corrected chi connectivity index (χ2v) is 5.87. The number of aromatic nitrogens is 1. The molecule has 1 aromatic heterocycles. The summed E-state index contributed by atoms with van der Waals surface area (Å²) in [4.78, 5) is 15.0. The molecule has 2 aliphatic rings. The first kappa shape index (κ1) is 12.7. The maximum atomic E-state index is 12.8. The molecule has 0 bridgehead atoms. The van der Waals surface area contributed by atoms with Gasteiger partial charge in [0.2, 0.25) is 0 Å². The van der Waals surface area contributed by atoms with E-state index < -0.39 is 0 Å². The molecule has 1 amide bonds. The Kier molecular flexibility index (Phi) is 3.35. The molecule has 1 N–H and O–H groups in total. The molecule has 3 rings (SSSR count). The Morgan fingerprint density at radius 1 is 1.47 bits per heavy atom. The number of rotatable bonds is 3. The molecule has 4 heteroatoms. The maximum absolute atomic E-state index is 12.8. The van der Waals surface area contributed by atoms with E-state index >= 15 is 0 Å². The zero-order valence-electron chi connectivity index (χ0n) is 11.8. The molecule has 104 valence electrons. The lowest BCUT2D eigenvalue weighted by atomic mass is 10.0. The Balaban J connectivity index is 1.84. The van der Waals surface area contributed by atoms with Crippen LogP contribution in [0.4, 0.5) is 0 Å². The molecule has 2 fully saturated rings. The molecule has 0 aliphatic carbocycles. The fourth-order valence-electron chi connectivity index (χ4n) is 3.69. The summed E-state index contributed by atoms with van der Waals surface area (Å²) in [6, 6.07) is 4.70. The van der Waals surface area contributed by atoms with Crippen molar-refractivity contribution in [2.45, 2.75) is 45.3 Å². The predicted molar refractivity (Wildman–Crippen MR) is 75.1 cm³/mol. The van der Waals surface area contributed by atoms with Crippen molar-refractivity contribution in [1.29, 1.82) is 0 Å². The van der Waals surface area contributed by atoms with Gasteiger partial charge in [-0.2, -0.15) is 0 Å². The van der Waals surface area contributed by atoms with E-state index in [1.54, 1.807) is 0 Å². The van der Waals surface area contributed by atoms with Gasteiger partial charge in [-0.3, -0.25) is 4.79 Å². The lowest BCUT2D eigenvalue weighted by molar-refractivity contribution is 0.0671. The van der Waals surface area contributed by atoms with Gasteiger partial charge in [0.25, 0.3) is 5.91 Å². The first-order chi connectivity index (χ1) is 9.22. The number of carbonyl (C=O) groups is 1. The largest absolute Gasteiger partial charge is 0.344 e. The van der Waals surface area contributed by atoms with Crippen LogP contribution in [-0.4, -0.2) is 40.5 Å². The van der Waals surface area contributed by atoms with Crippen molar-refractivity contribution in [1.82, 2.24) is 14.8 Å². The number of likely N-dealkylation sites (tertiary alicyclic amines) is 1. The van der Waals surface area contributed by atoms with Gasteiger partial charge in [0.15, 0.2) is 0 Å². The van der Waals surface area contributed by atoms with Crippen molar-refractivity contribution >= 4 is 5.91 Å². The summed E-state index contributed by atoms with van der Waals surface area (Å²) in [6.07, 6.45) is 4.21. The number of fused-ring (bicyclic) bond motifs is 1. The quantitative estimate of drug-likeness (QED) is 0.899. The number of aryl methyl sites for hydroxylation is 1. The highest BCUT2D eigenvalue weighted by atomic mass is 16.2. The fourth-order valence-corrected chi connectivity index (χ4v) is 3.69. The SMILES string of the molecule is CCCn1cccc1C(=O)N1C(C)CC2CNCC21. The third-order valence-electron chi connectivity index (χ3n) is 4.53. The van der Waals surface area contributed by atoms with E-state index in [4.69, 9.17) is 0 Å². The smallest absolute Gasteiger partial charge is 0.271 e. The number of hydrogen-bond donors (Lipinski definition) is 1. The van der Waals surface area contributed by atoms with E-state index in [9.17, 15) is 4.79 Å². The highest BCUT2D eigenvalue weighted by Gasteiger charge is 2.44. The second kappa shape index (κ2) is 5.00. The maximum Gasteiger partial charge on any atom is 0.271 e. The normalized spacial score (nSPS) is 29.8. The first-order valence-corrected chi connectivity index (χ1v) is 7.41. The lowest BCUT2D eigenvalue weighted by Gasteiger charge is -2.28. The molecule has 0 spiro atoms. The lowest BCUT2D eigenvalue weighted by Crippen LogP contribution is -2.43. The average Bonchev–Trinajstić information content (AvgIpc) is 3.04. The van der Waals surface area contributed by atoms with Gasteiger partial charge in [-0.1, -0.05) is 6.92 Å². The number of amides is 1. The molecular formula is C15H23N3O. The number of carbonyl (C=O) groups excluding carboxylic acids is 1. The van der Waals surface area contributed by atoms with Crippen LogP contribution in [0, 0.1) is 5.92 Å². The van der Waals surface area contributed by atoms with Crippen LogP contribution in [0.1, 0.15) is 37.2 Å². The van der Waals surface area contributed by atoms with Crippen LogP contribution < -0.4 is 5.32 Å². The Morgan fingerprint density at radius 3 is 3.11 bits per heavy atom. The Hall–Kier alpha value is -1.29. The third kappa shape index (κ3) is 2.08. The van der Waals surface area contributed by atoms with E-state index in [1.807, 2.05) is 18.3 Å². The van der Waals surface area contributed by atoms with Crippen LogP contribution in [0.15, 0.2) is 18.3 Å². The summed E-state index contributed by atoms with van der Waals surface area (Å²) in [5.41, 5.74) is 0.848. The summed E-state index contributed by atoms with van der Waals surface area (Å²) in [5, 5.41) is 3.41. The van der Waals surface area contributed by atoms with Crippen LogP contribution in [-0.2, 0) is 6.54 Å². The fraction of sp³-hybridized carbons (Fsp3) is 0.667. The monoisotopic (exact) mass is 261 g/mol. The molecule has 1 aromatic rings. The molecule has 2 aliphatic heterocycles. The van der Waals surface area contributed by atoms with Crippen LogP contribution in [0.5, 0.6) is 0 Å². The highest BCUT2D eigenvalue weighted by molar-refractivity contribution is 5.93. The molecule has 0 saturated carbocycles. The van der Waals surface area contributed by atoms with E-state index in [-0.39, 0.29) is 5.91 Å². The van der Waals surface area contributed by atoms with Gasteiger partial charge in [-0.05, 0) is 37.8 Å². The number of nitrogens with zero attached hydrogens (tertiary/aromatic N) is 2. The highest BCUT2D eigenvalue weighted by Crippen LogP contribution is 2.33. The minimum atomic E-state index is 0.210. The van der Waals surface area contributed by atoms with Gasteiger partial charge in [0.05, 0.1) is 0 Å². The van der Waals surface area contributed by atoms with Crippen molar-refractivity contribution in [2.75, 3.05) is 13.1 Å². The van der Waals surface area contributed by atoms with Gasteiger partial charge >= 0.3 is 0 Å². The van der Waals surface area contributed by atoms with Gasteiger partial charge in [0.1, 0.15) is 5.69 Å². The standard InChI is InChI=1S/C15H23N3O/c1-3-6-17-7-4-5-13(17)15(19)18-11(2)8-12-9-16-10-14(12)18/h4-5,7,11-12,14,16H,3,6,8-10H2,1-2H3. The van der Waals surface area contributed by atoms with Crippen LogP contribution in [0.25, 0.3) is 0 Å². The Bertz CT molecular complexity index is 468. The number of nitrogens with one attached hydrogen (secondary N) is 1.